The van der Waals surface area contributed by atoms with Crippen LogP contribution in [0.25, 0.3) is 0 Å². The fourth-order valence-electron chi connectivity index (χ4n) is 2.89. The summed E-state index contributed by atoms with van der Waals surface area (Å²) in [5, 5.41) is 3.96. The maximum Gasteiger partial charge on any atom is 0.271 e. The number of carbonyl (C=O) groups excluding carboxylic acids is 1. The van der Waals surface area contributed by atoms with Crippen molar-refractivity contribution in [1.29, 1.82) is 0 Å². The zero-order valence-electron chi connectivity index (χ0n) is 18.2. The van der Waals surface area contributed by atoms with Crippen LogP contribution in [0.15, 0.2) is 46.4 Å². The van der Waals surface area contributed by atoms with E-state index in [0.717, 1.165) is 0 Å². The van der Waals surface area contributed by atoms with Gasteiger partial charge in [-0.15, -0.1) is 0 Å². The Labute approximate surface area is 182 Å². The molecular formula is C21H27N3O6S. The summed E-state index contributed by atoms with van der Waals surface area (Å²) in [6, 6.07) is 9.13. The monoisotopic (exact) mass is 449 g/mol. The Morgan fingerprint density at radius 3 is 2.19 bits per heavy atom. The summed E-state index contributed by atoms with van der Waals surface area (Å²) in [6.07, 6.45) is 1.40. The summed E-state index contributed by atoms with van der Waals surface area (Å²) in [7, 11) is 0.848. The average molecular weight is 450 g/mol. The number of hydrogen-bond acceptors (Lipinski definition) is 7. The minimum Gasteiger partial charge on any atom is -0.496 e. The van der Waals surface area contributed by atoms with Gasteiger partial charge in [0.15, 0.2) is 11.5 Å². The molecule has 1 amide bonds. The van der Waals surface area contributed by atoms with E-state index in [2.05, 4.69) is 10.5 Å². The zero-order valence-corrected chi connectivity index (χ0v) is 19.0. The number of nitrogens with one attached hydrogen (secondary N) is 1. The Bertz CT molecular complexity index is 1050. The first kappa shape index (κ1) is 24.2. The number of amides is 1. The third kappa shape index (κ3) is 5.53. The highest BCUT2D eigenvalue weighted by molar-refractivity contribution is 7.89. The van der Waals surface area contributed by atoms with Crippen LogP contribution < -0.4 is 19.6 Å². The number of nitrogens with zero attached hydrogens (tertiary/aromatic N) is 2. The van der Waals surface area contributed by atoms with Crippen LogP contribution in [-0.4, -0.2) is 59.3 Å². The molecule has 0 saturated carbocycles. The lowest BCUT2D eigenvalue weighted by Crippen LogP contribution is -2.30. The molecule has 168 valence electrons. The summed E-state index contributed by atoms with van der Waals surface area (Å²) in [5.41, 5.74) is 3.12. The molecule has 0 heterocycles. The minimum absolute atomic E-state index is 0.0504. The van der Waals surface area contributed by atoms with Crippen LogP contribution >= 0.6 is 0 Å². The van der Waals surface area contributed by atoms with Crippen molar-refractivity contribution in [3.63, 3.8) is 0 Å². The van der Waals surface area contributed by atoms with E-state index in [0.29, 0.717) is 35.9 Å². The lowest BCUT2D eigenvalue weighted by atomic mass is 10.2. The smallest absolute Gasteiger partial charge is 0.271 e. The zero-order chi connectivity index (χ0) is 23.0. The second-order valence-corrected chi connectivity index (χ2v) is 8.20. The Hall–Kier alpha value is -3.11. The van der Waals surface area contributed by atoms with E-state index >= 15 is 0 Å². The molecule has 0 fully saturated rings. The quantitative estimate of drug-likeness (QED) is 0.441. The van der Waals surface area contributed by atoms with Gasteiger partial charge in [0.05, 0.1) is 32.4 Å². The summed E-state index contributed by atoms with van der Waals surface area (Å²) in [6.45, 7) is 4.20. The van der Waals surface area contributed by atoms with E-state index in [1.54, 1.807) is 26.0 Å². The molecule has 0 bridgehead atoms. The predicted octanol–water partition coefficient (Wildman–Crippen LogP) is 2.51. The van der Waals surface area contributed by atoms with Gasteiger partial charge in [0.1, 0.15) is 5.75 Å². The SMILES string of the molecule is CCN(CC)S(=O)(=O)c1cccc(C(=O)NN=Cc2cc(OC)c(OC)cc2OC)c1. The topological polar surface area (TPSA) is 107 Å². The first-order valence-electron chi connectivity index (χ1n) is 9.55. The Kier molecular flexibility index (Phi) is 8.40. The third-order valence-electron chi connectivity index (χ3n) is 4.55. The van der Waals surface area contributed by atoms with Crippen molar-refractivity contribution < 1.29 is 27.4 Å². The molecule has 0 saturated heterocycles. The number of sulfonamides is 1. The minimum atomic E-state index is -3.67. The normalized spacial score (nSPS) is 11.5. The largest absolute Gasteiger partial charge is 0.496 e. The maximum atomic E-state index is 12.7. The van der Waals surface area contributed by atoms with Crippen molar-refractivity contribution >= 4 is 22.1 Å². The molecule has 0 atom stereocenters. The van der Waals surface area contributed by atoms with Gasteiger partial charge >= 0.3 is 0 Å². The summed E-state index contributed by atoms with van der Waals surface area (Å²) >= 11 is 0. The molecule has 31 heavy (non-hydrogen) atoms. The van der Waals surface area contributed by atoms with Gasteiger partial charge in [0.25, 0.3) is 5.91 Å². The highest BCUT2D eigenvalue weighted by Gasteiger charge is 2.22. The predicted molar refractivity (Wildman–Crippen MR) is 118 cm³/mol. The van der Waals surface area contributed by atoms with E-state index in [4.69, 9.17) is 14.2 Å². The van der Waals surface area contributed by atoms with Crippen LogP contribution in [0, 0.1) is 0 Å². The average Bonchev–Trinajstić information content (AvgIpc) is 2.79. The number of carbonyl (C=O) groups is 1. The summed E-state index contributed by atoms with van der Waals surface area (Å²) in [4.78, 5) is 12.5. The van der Waals surface area contributed by atoms with Crippen LogP contribution in [0.4, 0.5) is 0 Å². The molecule has 0 aliphatic carbocycles. The van der Waals surface area contributed by atoms with Gasteiger partial charge in [-0.1, -0.05) is 19.9 Å². The van der Waals surface area contributed by atoms with Gasteiger partial charge < -0.3 is 14.2 Å². The molecule has 2 rings (SSSR count). The molecule has 1 N–H and O–H groups in total. The standard InChI is InChI=1S/C21H27N3O6S/c1-6-24(7-2)31(26,27)17-10-8-9-15(11-17)21(25)23-22-14-16-12-19(29-4)20(30-5)13-18(16)28-3/h8-14H,6-7H2,1-5H3,(H,23,25). The van der Waals surface area contributed by atoms with Crippen LogP contribution in [0.1, 0.15) is 29.8 Å². The van der Waals surface area contributed by atoms with E-state index in [1.165, 1.54) is 56.1 Å². The van der Waals surface area contributed by atoms with E-state index in [9.17, 15) is 13.2 Å². The van der Waals surface area contributed by atoms with Crippen LogP contribution in [-0.2, 0) is 10.0 Å². The second kappa shape index (κ2) is 10.8. The molecule has 0 unspecified atom stereocenters. The molecule has 0 spiro atoms. The maximum absolute atomic E-state index is 12.7. The van der Waals surface area contributed by atoms with Gasteiger partial charge in [0.2, 0.25) is 10.0 Å². The highest BCUT2D eigenvalue weighted by Crippen LogP contribution is 2.33. The molecule has 0 aliphatic rings. The van der Waals surface area contributed by atoms with Crippen molar-refractivity contribution in [1.82, 2.24) is 9.73 Å². The van der Waals surface area contributed by atoms with Gasteiger partial charge in [0, 0.05) is 30.3 Å². The van der Waals surface area contributed by atoms with Crippen LogP contribution in [0.3, 0.4) is 0 Å². The van der Waals surface area contributed by atoms with Gasteiger partial charge in [-0.25, -0.2) is 13.8 Å². The number of hydrogen-bond donors (Lipinski definition) is 1. The van der Waals surface area contributed by atoms with Crippen LogP contribution in [0.2, 0.25) is 0 Å². The Morgan fingerprint density at radius 1 is 1.00 bits per heavy atom. The highest BCUT2D eigenvalue weighted by atomic mass is 32.2. The first-order chi connectivity index (χ1) is 14.8. The molecule has 0 radical (unpaired) electrons. The molecule has 0 aliphatic heterocycles. The van der Waals surface area contributed by atoms with Crippen molar-refractivity contribution in [3.05, 3.63) is 47.5 Å². The van der Waals surface area contributed by atoms with Gasteiger partial charge in [-0.05, 0) is 24.3 Å². The second-order valence-electron chi connectivity index (χ2n) is 6.27. The first-order valence-corrected chi connectivity index (χ1v) is 11.0. The van der Waals surface area contributed by atoms with Crippen molar-refractivity contribution in [2.45, 2.75) is 18.7 Å². The fraction of sp³-hybridized carbons (Fsp3) is 0.333. The molecule has 0 aromatic heterocycles. The van der Waals surface area contributed by atoms with Gasteiger partial charge in [-0.3, -0.25) is 4.79 Å². The number of ether oxygens (including phenoxy) is 3. The lowest BCUT2D eigenvalue weighted by Gasteiger charge is -2.18. The summed E-state index contributed by atoms with van der Waals surface area (Å²) in [5.74, 6) is 0.896. The molecule has 2 aromatic rings. The Morgan fingerprint density at radius 2 is 1.61 bits per heavy atom. The number of benzene rings is 2. The third-order valence-corrected chi connectivity index (χ3v) is 6.59. The van der Waals surface area contributed by atoms with Gasteiger partial charge in [-0.2, -0.15) is 9.41 Å². The molecule has 9 nitrogen and oxygen atoms in total. The number of hydrazone groups is 1. The van der Waals surface area contributed by atoms with Crippen molar-refractivity contribution in [3.8, 4) is 17.2 Å². The van der Waals surface area contributed by atoms with E-state index in [1.807, 2.05) is 0 Å². The van der Waals surface area contributed by atoms with Crippen LogP contribution in [0.5, 0.6) is 17.2 Å². The molecular weight excluding hydrogens is 422 g/mol. The molecule has 10 heteroatoms. The van der Waals surface area contributed by atoms with E-state index < -0.39 is 15.9 Å². The summed E-state index contributed by atoms with van der Waals surface area (Å²) < 4.78 is 42.5. The number of rotatable bonds is 10. The number of methoxy groups -OCH3 is 3. The van der Waals surface area contributed by atoms with E-state index in [-0.39, 0.29) is 10.5 Å². The Balaban J connectivity index is 2.23. The lowest BCUT2D eigenvalue weighted by molar-refractivity contribution is 0.0955. The van der Waals surface area contributed by atoms with Crippen molar-refractivity contribution in [2.75, 3.05) is 34.4 Å². The van der Waals surface area contributed by atoms with Crippen molar-refractivity contribution in [2.24, 2.45) is 5.10 Å². The molecule has 2 aromatic carbocycles. The fourth-order valence-corrected chi connectivity index (χ4v) is 4.39.